The van der Waals surface area contributed by atoms with Gasteiger partial charge in [0.2, 0.25) is 0 Å². The largest absolute Gasteiger partial charge is 0.465 e. The van der Waals surface area contributed by atoms with E-state index in [1.54, 1.807) is 6.92 Å². The second-order valence-corrected chi connectivity index (χ2v) is 9.07. The summed E-state index contributed by atoms with van der Waals surface area (Å²) in [7, 11) is -1.26. The Bertz CT molecular complexity index is 340. The lowest BCUT2D eigenvalue weighted by atomic mass is 10.1. The molecule has 1 N–H and O–H groups in total. The third-order valence-electron chi connectivity index (χ3n) is 3.72. The summed E-state index contributed by atoms with van der Waals surface area (Å²) in [5, 5.41) is 0. The SMILES string of the molecule is CCCCCCCCCC[C@@H](NS(=O)C(C)(C)C)C(=O)OCC. The van der Waals surface area contributed by atoms with Crippen molar-refractivity contribution < 1.29 is 13.7 Å². The first-order chi connectivity index (χ1) is 10.8. The van der Waals surface area contributed by atoms with Gasteiger partial charge in [-0.1, -0.05) is 58.3 Å². The quantitative estimate of drug-likeness (QED) is 0.394. The molecule has 0 heterocycles. The van der Waals surface area contributed by atoms with E-state index >= 15 is 0 Å². The van der Waals surface area contributed by atoms with Gasteiger partial charge in [0, 0.05) is 0 Å². The number of esters is 1. The minimum Gasteiger partial charge on any atom is -0.465 e. The maximum absolute atomic E-state index is 12.2. The van der Waals surface area contributed by atoms with Crippen LogP contribution in [0.15, 0.2) is 0 Å². The molecule has 2 atom stereocenters. The van der Waals surface area contributed by atoms with Crippen molar-refractivity contribution in [2.75, 3.05) is 6.61 Å². The van der Waals surface area contributed by atoms with Gasteiger partial charge in [-0.2, -0.15) is 0 Å². The van der Waals surface area contributed by atoms with Crippen molar-refractivity contribution >= 4 is 17.0 Å². The van der Waals surface area contributed by atoms with Crippen molar-refractivity contribution in [1.82, 2.24) is 4.72 Å². The molecule has 0 aliphatic rings. The molecule has 0 spiro atoms. The summed E-state index contributed by atoms with van der Waals surface area (Å²) >= 11 is 0. The molecule has 0 rings (SSSR count). The van der Waals surface area contributed by atoms with Gasteiger partial charge in [-0.3, -0.25) is 4.79 Å². The van der Waals surface area contributed by atoms with Crippen LogP contribution < -0.4 is 4.72 Å². The van der Waals surface area contributed by atoms with E-state index in [2.05, 4.69) is 11.6 Å². The highest BCUT2D eigenvalue weighted by Gasteiger charge is 2.27. The van der Waals surface area contributed by atoms with Crippen molar-refractivity contribution in [1.29, 1.82) is 0 Å². The number of hydrogen-bond acceptors (Lipinski definition) is 3. The Hall–Kier alpha value is -0.420. The van der Waals surface area contributed by atoms with Crippen LogP contribution >= 0.6 is 0 Å². The van der Waals surface area contributed by atoms with Gasteiger partial charge in [-0.05, 0) is 34.1 Å². The van der Waals surface area contributed by atoms with E-state index in [0.717, 1.165) is 12.8 Å². The van der Waals surface area contributed by atoms with Crippen LogP contribution in [0.2, 0.25) is 0 Å². The molecule has 0 saturated heterocycles. The van der Waals surface area contributed by atoms with Crippen molar-refractivity contribution in [2.45, 2.75) is 103 Å². The molecule has 0 aromatic carbocycles. The van der Waals surface area contributed by atoms with Crippen LogP contribution in [0.5, 0.6) is 0 Å². The lowest BCUT2D eigenvalue weighted by Gasteiger charge is -2.23. The summed E-state index contributed by atoms with van der Waals surface area (Å²) in [5.41, 5.74) is 0. The molecule has 0 amide bonds. The Kier molecular flexibility index (Phi) is 12.7. The molecule has 0 aromatic rings. The highest BCUT2D eigenvalue weighted by molar-refractivity contribution is 7.84. The molecule has 1 unspecified atom stereocenters. The monoisotopic (exact) mass is 347 g/mol. The van der Waals surface area contributed by atoms with Crippen molar-refractivity contribution in [3.8, 4) is 0 Å². The molecular weight excluding hydrogens is 310 g/mol. The summed E-state index contributed by atoms with van der Waals surface area (Å²) < 4.78 is 19.9. The zero-order valence-electron chi connectivity index (χ0n) is 15.8. The molecule has 0 saturated carbocycles. The van der Waals surface area contributed by atoms with Crippen LogP contribution in [0.25, 0.3) is 0 Å². The van der Waals surface area contributed by atoms with E-state index in [-0.39, 0.29) is 10.7 Å². The topological polar surface area (TPSA) is 55.4 Å². The molecule has 23 heavy (non-hydrogen) atoms. The fourth-order valence-corrected chi connectivity index (χ4v) is 3.08. The Balaban J connectivity index is 4.13. The van der Waals surface area contributed by atoms with Gasteiger partial charge >= 0.3 is 5.97 Å². The highest BCUT2D eigenvalue weighted by atomic mass is 32.2. The average Bonchev–Trinajstić information content (AvgIpc) is 2.47. The second kappa shape index (κ2) is 12.9. The van der Waals surface area contributed by atoms with E-state index < -0.39 is 17.0 Å². The van der Waals surface area contributed by atoms with Gasteiger partial charge in [0.25, 0.3) is 0 Å². The first-order valence-corrected chi connectivity index (χ1v) is 10.3. The molecular formula is C18H37NO3S. The zero-order chi connectivity index (χ0) is 17.7. The normalized spacial score (nSPS) is 14.5. The Morgan fingerprint density at radius 1 is 1.00 bits per heavy atom. The predicted molar refractivity (Wildman–Crippen MR) is 98.7 cm³/mol. The van der Waals surface area contributed by atoms with E-state index in [1.807, 2.05) is 20.8 Å². The zero-order valence-corrected chi connectivity index (χ0v) is 16.6. The van der Waals surface area contributed by atoms with Crippen LogP contribution in [0.3, 0.4) is 0 Å². The summed E-state index contributed by atoms with van der Waals surface area (Å²) in [4.78, 5) is 12.0. The number of carbonyl (C=O) groups is 1. The molecule has 4 nitrogen and oxygen atoms in total. The Morgan fingerprint density at radius 3 is 2.00 bits per heavy atom. The number of rotatable bonds is 13. The van der Waals surface area contributed by atoms with Gasteiger partial charge in [-0.25, -0.2) is 8.93 Å². The van der Waals surface area contributed by atoms with Crippen LogP contribution in [0, 0.1) is 0 Å². The van der Waals surface area contributed by atoms with Crippen molar-refractivity contribution in [3.05, 3.63) is 0 Å². The standard InChI is InChI=1S/C18H37NO3S/c1-6-8-9-10-11-12-13-14-15-16(17(20)22-7-2)19-23(21)18(3,4)5/h16,19H,6-15H2,1-5H3/t16-,23?/m1/s1. The van der Waals surface area contributed by atoms with Crippen molar-refractivity contribution in [2.24, 2.45) is 0 Å². The van der Waals surface area contributed by atoms with E-state index in [1.165, 1.54) is 38.5 Å². The molecule has 0 aliphatic carbocycles. The van der Waals surface area contributed by atoms with Gasteiger partial charge in [0.1, 0.15) is 6.04 Å². The summed E-state index contributed by atoms with van der Waals surface area (Å²) in [6.07, 6.45) is 10.5. The summed E-state index contributed by atoms with van der Waals surface area (Å²) in [6, 6.07) is -0.463. The molecule has 0 aromatic heterocycles. The van der Waals surface area contributed by atoms with Gasteiger partial charge in [-0.15, -0.1) is 0 Å². The lowest BCUT2D eigenvalue weighted by molar-refractivity contribution is -0.145. The van der Waals surface area contributed by atoms with E-state index in [4.69, 9.17) is 4.74 Å². The second-order valence-electron chi connectivity index (χ2n) is 7.07. The third kappa shape index (κ3) is 11.7. The number of hydrogen-bond donors (Lipinski definition) is 1. The van der Waals surface area contributed by atoms with Crippen LogP contribution in [0.1, 0.15) is 92.4 Å². The maximum Gasteiger partial charge on any atom is 0.324 e. The Labute approximate surface area is 145 Å². The number of ether oxygens (including phenoxy) is 1. The smallest absolute Gasteiger partial charge is 0.324 e. The molecule has 138 valence electrons. The number of carbonyl (C=O) groups excluding carboxylic acids is 1. The fourth-order valence-electron chi connectivity index (χ4n) is 2.26. The van der Waals surface area contributed by atoms with Crippen LogP contribution in [-0.2, 0) is 20.5 Å². The predicted octanol–water partition coefficient (Wildman–Crippen LogP) is 4.50. The van der Waals surface area contributed by atoms with E-state index in [9.17, 15) is 9.00 Å². The third-order valence-corrected chi connectivity index (χ3v) is 5.33. The maximum atomic E-state index is 12.2. The molecule has 5 heteroatoms. The minimum atomic E-state index is -1.26. The number of nitrogens with one attached hydrogen (secondary N) is 1. The average molecular weight is 348 g/mol. The van der Waals surface area contributed by atoms with E-state index in [0.29, 0.717) is 13.0 Å². The van der Waals surface area contributed by atoms with Gasteiger partial charge in [0.15, 0.2) is 0 Å². The Morgan fingerprint density at radius 2 is 1.52 bits per heavy atom. The minimum absolute atomic E-state index is 0.284. The summed E-state index contributed by atoms with van der Waals surface area (Å²) in [6.45, 7) is 10.1. The first kappa shape index (κ1) is 22.6. The highest BCUT2D eigenvalue weighted by Crippen LogP contribution is 2.14. The van der Waals surface area contributed by atoms with Gasteiger partial charge in [0.05, 0.1) is 22.3 Å². The molecule has 0 fully saturated rings. The van der Waals surface area contributed by atoms with Crippen molar-refractivity contribution in [3.63, 3.8) is 0 Å². The lowest BCUT2D eigenvalue weighted by Crippen LogP contribution is -2.44. The van der Waals surface area contributed by atoms with Crippen LogP contribution in [-0.4, -0.2) is 27.6 Å². The fraction of sp³-hybridized carbons (Fsp3) is 0.944. The molecule has 0 bridgehead atoms. The summed E-state index contributed by atoms with van der Waals surface area (Å²) in [5.74, 6) is -0.284. The molecule has 0 radical (unpaired) electrons. The number of unbranched alkanes of at least 4 members (excludes halogenated alkanes) is 7. The first-order valence-electron chi connectivity index (χ1n) is 9.17. The van der Waals surface area contributed by atoms with Gasteiger partial charge < -0.3 is 4.74 Å². The molecule has 0 aliphatic heterocycles. The van der Waals surface area contributed by atoms with Crippen LogP contribution in [0.4, 0.5) is 0 Å².